The van der Waals surface area contributed by atoms with Crippen molar-refractivity contribution in [1.82, 2.24) is 4.90 Å². The molecule has 0 aliphatic carbocycles. The molecule has 1 atom stereocenters. The molecular weight excluding hydrogens is 158 g/mol. The second-order valence-electron chi connectivity index (χ2n) is 2.80. The fourth-order valence-corrected chi connectivity index (χ4v) is 1.44. The maximum absolute atomic E-state index is 11.2. The number of amides is 1. The lowest BCUT2D eigenvalue weighted by Crippen LogP contribution is -2.40. The summed E-state index contributed by atoms with van der Waals surface area (Å²) in [4.78, 5) is 23.7. The van der Waals surface area contributed by atoms with Crippen molar-refractivity contribution in [1.29, 1.82) is 1.43 Å². The molecule has 0 saturated carbocycles. The molecule has 0 aromatic heterocycles. The van der Waals surface area contributed by atoms with Crippen LogP contribution in [0, 0.1) is 6.42 Å². The molecule has 1 heterocycles. The largest absolute Gasteiger partial charge is 0.480 e. The molecule has 66 valence electrons. The van der Waals surface area contributed by atoms with E-state index >= 15 is 0 Å². The van der Waals surface area contributed by atoms with Gasteiger partial charge >= 0.3 is 11.9 Å². The van der Waals surface area contributed by atoms with Crippen LogP contribution in [0.3, 0.4) is 0 Å². The Morgan fingerprint density at radius 1 is 1.75 bits per heavy atom. The molecule has 1 rings (SSSR count). The molecule has 0 aromatic rings. The minimum atomic E-state index is -0.646. The fraction of sp³-hybridized carbons (Fsp3) is 0.625. The van der Waals surface area contributed by atoms with Crippen LogP contribution in [0.1, 0.15) is 19.8 Å². The van der Waals surface area contributed by atoms with Crippen LogP contribution in [0.5, 0.6) is 0 Å². The van der Waals surface area contributed by atoms with E-state index in [2.05, 4.69) is 5.11 Å². The predicted molar refractivity (Wildman–Crippen MR) is 42.3 cm³/mol. The van der Waals surface area contributed by atoms with Gasteiger partial charge in [0.15, 0.2) is 6.42 Å². The summed E-state index contributed by atoms with van der Waals surface area (Å²) in [6, 6.07) is -0.554. The first-order valence-corrected chi connectivity index (χ1v) is 3.97. The molecule has 1 aliphatic rings. The molecule has 1 fully saturated rings. The monoisotopic (exact) mass is 171 g/mol. The second-order valence-corrected chi connectivity index (χ2v) is 2.80. The summed E-state index contributed by atoms with van der Waals surface area (Å²) in [5.41, 5.74) is 0. The van der Waals surface area contributed by atoms with Gasteiger partial charge in [0.25, 0.3) is 1.43 Å². The van der Waals surface area contributed by atoms with E-state index in [9.17, 15) is 9.59 Å². The maximum atomic E-state index is 11.2. The Morgan fingerprint density at radius 3 is 3.08 bits per heavy atom. The van der Waals surface area contributed by atoms with Gasteiger partial charge in [-0.3, -0.25) is 4.90 Å². The summed E-state index contributed by atoms with van der Waals surface area (Å²) in [5, 5.41) is 3.86. The Balaban J connectivity index is 2.63. The van der Waals surface area contributed by atoms with Crippen LogP contribution in [0.25, 0.3) is 1.43 Å². The number of carbonyl (C=O) groups excluding carboxylic acids is 1. The first kappa shape index (κ1) is 7.46. The first-order valence-electron chi connectivity index (χ1n) is 4.38. The zero-order chi connectivity index (χ0) is 9.84. The lowest BCUT2D eigenvalue weighted by Gasteiger charge is -2.15. The van der Waals surface area contributed by atoms with E-state index in [-0.39, 0.29) is 5.91 Å². The van der Waals surface area contributed by atoms with Crippen LogP contribution in [-0.4, -0.2) is 34.5 Å². The molecule has 0 unspecified atom stereocenters. The quantitative estimate of drug-likeness (QED) is 0.607. The van der Waals surface area contributed by atoms with Crippen LogP contribution < -0.4 is 0 Å². The van der Waals surface area contributed by atoms with Gasteiger partial charge in [-0.15, -0.1) is 0 Å². The van der Waals surface area contributed by atoms with E-state index in [1.54, 1.807) is 6.92 Å². The van der Waals surface area contributed by atoms with Crippen molar-refractivity contribution in [2.75, 3.05) is 6.54 Å². The van der Waals surface area contributed by atoms with Gasteiger partial charge in [-0.25, -0.2) is 9.59 Å². The normalized spacial score (nSPS) is 23.2. The maximum Gasteiger partial charge on any atom is 0.404 e. The highest BCUT2D eigenvalue weighted by Crippen LogP contribution is 2.17. The highest BCUT2D eigenvalue weighted by molar-refractivity contribution is 5.89. The van der Waals surface area contributed by atoms with Gasteiger partial charge in [-0.2, -0.15) is 0 Å². The third-order valence-electron chi connectivity index (χ3n) is 2.05. The van der Waals surface area contributed by atoms with Crippen molar-refractivity contribution in [2.45, 2.75) is 25.8 Å². The van der Waals surface area contributed by atoms with Crippen LogP contribution >= 0.6 is 0 Å². The molecular formula is C8H12NO3+. The van der Waals surface area contributed by atoms with Gasteiger partial charge in [0.1, 0.15) is 6.04 Å². The smallest absolute Gasteiger partial charge is 0.404 e. The number of aliphatic carboxylic acids is 1. The van der Waals surface area contributed by atoms with E-state index in [4.69, 9.17) is 1.43 Å². The van der Waals surface area contributed by atoms with Gasteiger partial charge in [0, 0.05) is 6.54 Å². The van der Waals surface area contributed by atoms with E-state index in [0.29, 0.717) is 13.0 Å². The minimum Gasteiger partial charge on any atom is -0.480 e. The van der Waals surface area contributed by atoms with Crippen LogP contribution in [-0.2, 0) is 9.59 Å². The molecule has 0 aromatic carbocycles. The summed E-state index contributed by atoms with van der Waals surface area (Å²) in [5.74, 6) is -0.819. The number of carboxylic acid groups (broad SMARTS) is 1. The van der Waals surface area contributed by atoms with Crippen molar-refractivity contribution < 1.29 is 14.7 Å². The van der Waals surface area contributed by atoms with Crippen molar-refractivity contribution in [2.24, 2.45) is 0 Å². The minimum absolute atomic E-state index is 0.173. The fourth-order valence-electron chi connectivity index (χ4n) is 1.44. The molecule has 0 radical (unpaired) electrons. The van der Waals surface area contributed by atoms with E-state index in [1.807, 2.05) is 0 Å². The third-order valence-corrected chi connectivity index (χ3v) is 2.05. The predicted octanol–water partition coefficient (Wildman–Crippen LogP) is 0.286. The SMILES string of the molecule is [2H]OC(=O)[C@@H]1CCCN1C(=O)[CH+]C. The zero-order valence-corrected chi connectivity index (χ0v) is 6.95. The highest BCUT2D eigenvalue weighted by Gasteiger charge is 2.36. The average Bonchev–Trinajstić information content (AvgIpc) is 2.63. The Kier molecular flexibility index (Phi) is 2.16. The zero-order valence-electron chi connectivity index (χ0n) is 7.95. The van der Waals surface area contributed by atoms with Crippen LogP contribution in [0.15, 0.2) is 0 Å². The molecule has 1 N–H and O–H groups in total. The van der Waals surface area contributed by atoms with Crippen molar-refractivity contribution in [3.8, 4) is 0 Å². The second kappa shape index (κ2) is 3.47. The summed E-state index contributed by atoms with van der Waals surface area (Å²) in [7, 11) is 0. The highest BCUT2D eigenvalue weighted by atomic mass is 16.4. The molecule has 1 saturated heterocycles. The average molecular weight is 171 g/mol. The number of likely N-dealkylation sites (tertiary alicyclic amines) is 1. The number of nitrogens with zero attached hydrogens (tertiary/aromatic N) is 1. The standard InChI is InChI=1S/C8H11NO3/c1-2-7(10)9-5-3-4-6(9)8(11)12/h2,6H,3-5H2,1H3/p+1/t6-/m0/s1/i/hD. The summed E-state index contributed by atoms with van der Waals surface area (Å²) in [6.07, 6.45) is 2.80. The van der Waals surface area contributed by atoms with Gasteiger partial charge < -0.3 is 5.11 Å². The Morgan fingerprint density at radius 2 is 2.50 bits per heavy atom. The van der Waals surface area contributed by atoms with Crippen LogP contribution in [0.2, 0.25) is 0 Å². The van der Waals surface area contributed by atoms with Crippen molar-refractivity contribution in [3.05, 3.63) is 6.42 Å². The number of carbonyl (C=O) groups is 2. The van der Waals surface area contributed by atoms with Gasteiger partial charge in [0.05, 0.1) is 6.92 Å². The number of rotatable bonds is 2. The van der Waals surface area contributed by atoms with E-state index in [1.165, 1.54) is 11.3 Å². The lowest BCUT2D eigenvalue weighted by molar-refractivity contribution is -0.147. The molecule has 12 heavy (non-hydrogen) atoms. The van der Waals surface area contributed by atoms with Crippen molar-refractivity contribution >= 4 is 11.9 Å². The van der Waals surface area contributed by atoms with Gasteiger partial charge in [-0.1, -0.05) is 0 Å². The number of hydrogen-bond acceptors (Lipinski definition) is 3. The Hall–Kier alpha value is -1.19. The van der Waals surface area contributed by atoms with E-state index in [0.717, 1.165) is 6.42 Å². The van der Waals surface area contributed by atoms with E-state index < -0.39 is 12.0 Å². The third kappa shape index (κ3) is 1.52. The number of hydrogen-bond donors (Lipinski definition) is 1. The molecule has 1 aliphatic heterocycles. The van der Waals surface area contributed by atoms with Gasteiger partial charge in [-0.05, 0) is 12.8 Å². The van der Waals surface area contributed by atoms with Gasteiger partial charge in [0.2, 0.25) is 0 Å². The summed E-state index contributed by atoms with van der Waals surface area (Å²) in [6.45, 7) is 2.20. The molecule has 0 bridgehead atoms. The molecule has 4 nitrogen and oxygen atoms in total. The Bertz CT molecular complexity index is 197. The molecule has 1 amide bonds. The summed E-state index contributed by atoms with van der Waals surface area (Å²) >= 11 is 0. The van der Waals surface area contributed by atoms with Crippen molar-refractivity contribution in [3.63, 3.8) is 0 Å². The first-order chi connectivity index (χ1) is 6.20. The van der Waals surface area contributed by atoms with Crippen LogP contribution in [0.4, 0.5) is 0 Å². The summed E-state index contributed by atoms with van der Waals surface area (Å²) < 4.78 is 6.46. The lowest BCUT2D eigenvalue weighted by atomic mass is 10.2. The topological polar surface area (TPSA) is 57.6 Å². The Labute approximate surface area is 72.7 Å². The molecule has 4 heteroatoms. The molecule has 0 spiro atoms. The number of carboxylic acids is 1.